The molecule has 1 saturated heterocycles. The molecular weight excluding hydrogens is 264 g/mol. The number of carbonyl (C=O) groups is 2. The van der Waals surface area contributed by atoms with E-state index < -0.39 is 5.38 Å². The molecule has 0 spiro atoms. The average molecular weight is 281 g/mol. The van der Waals surface area contributed by atoms with Crippen LogP contribution in [0.25, 0.3) is 0 Å². The van der Waals surface area contributed by atoms with Crippen LogP contribution in [0, 0.1) is 5.92 Å². The molecule has 2 N–H and O–H groups in total. The first-order valence-electron chi connectivity index (χ1n) is 6.36. The zero-order chi connectivity index (χ0) is 13.8. The van der Waals surface area contributed by atoms with Gasteiger partial charge in [-0.3, -0.25) is 9.59 Å². The van der Waals surface area contributed by atoms with Gasteiger partial charge in [0.25, 0.3) is 0 Å². The molecule has 1 aliphatic rings. The minimum Gasteiger partial charge on any atom is -0.369 e. The monoisotopic (exact) mass is 280 g/mol. The van der Waals surface area contributed by atoms with E-state index in [1.165, 1.54) is 0 Å². The van der Waals surface area contributed by atoms with Crippen molar-refractivity contribution in [3.8, 4) is 0 Å². The molecule has 1 heterocycles. The number of likely N-dealkylation sites (tertiary alicyclic amines) is 1. The number of rotatable bonds is 3. The smallest absolute Gasteiger partial charge is 0.245 e. The number of primary amides is 1. The van der Waals surface area contributed by atoms with Crippen molar-refractivity contribution in [1.29, 1.82) is 0 Å². The zero-order valence-electron chi connectivity index (χ0n) is 10.6. The van der Waals surface area contributed by atoms with Crippen LogP contribution in [0.5, 0.6) is 0 Å². The van der Waals surface area contributed by atoms with E-state index in [-0.39, 0.29) is 17.7 Å². The van der Waals surface area contributed by atoms with Gasteiger partial charge in [-0.15, -0.1) is 11.6 Å². The van der Waals surface area contributed by atoms with Gasteiger partial charge in [0.15, 0.2) is 0 Å². The molecule has 1 aromatic carbocycles. The zero-order valence-corrected chi connectivity index (χ0v) is 11.3. The van der Waals surface area contributed by atoms with Gasteiger partial charge in [0.2, 0.25) is 11.8 Å². The van der Waals surface area contributed by atoms with Gasteiger partial charge in [-0.05, 0) is 18.4 Å². The summed E-state index contributed by atoms with van der Waals surface area (Å²) >= 11 is 6.21. The number of alkyl halides is 1. The first-order chi connectivity index (χ1) is 9.09. The molecular formula is C14H17ClN2O2. The van der Waals surface area contributed by atoms with Crippen molar-refractivity contribution in [2.75, 3.05) is 13.1 Å². The molecule has 0 saturated carbocycles. The van der Waals surface area contributed by atoms with E-state index in [1.54, 1.807) is 4.90 Å². The number of nitrogens with two attached hydrogens (primary N) is 1. The lowest BCUT2D eigenvalue weighted by atomic mass is 9.96. The molecule has 0 radical (unpaired) electrons. The van der Waals surface area contributed by atoms with E-state index in [0.29, 0.717) is 25.9 Å². The number of amides is 2. The maximum absolute atomic E-state index is 12.3. The third-order valence-electron chi connectivity index (χ3n) is 3.52. The Morgan fingerprint density at radius 2 is 1.79 bits per heavy atom. The Morgan fingerprint density at radius 1 is 1.21 bits per heavy atom. The molecule has 5 heteroatoms. The van der Waals surface area contributed by atoms with Crippen LogP contribution < -0.4 is 5.73 Å². The predicted molar refractivity (Wildman–Crippen MR) is 73.5 cm³/mol. The SMILES string of the molecule is NC(=O)C1CCN(C(=O)C(Cl)c2ccccc2)CC1. The van der Waals surface area contributed by atoms with Crippen molar-refractivity contribution < 1.29 is 9.59 Å². The van der Waals surface area contributed by atoms with Gasteiger partial charge >= 0.3 is 0 Å². The summed E-state index contributed by atoms with van der Waals surface area (Å²) < 4.78 is 0. The lowest BCUT2D eigenvalue weighted by molar-refractivity contribution is -0.134. The molecule has 1 aliphatic heterocycles. The summed E-state index contributed by atoms with van der Waals surface area (Å²) in [6, 6.07) is 9.28. The van der Waals surface area contributed by atoms with Crippen LogP contribution in [0.4, 0.5) is 0 Å². The second-order valence-electron chi connectivity index (χ2n) is 4.78. The number of carbonyl (C=O) groups excluding carboxylic acids is 2. The van der Waals surface area contributed by atoms with Crippen LogP contribution >= 0.6 is 11.6 Å². The molecule has 1 aromatic rings. The molecule has 1 fully saturated rings. The van der Waals surface area contributed by atoms with E-state index in [4.69, 9.17) is 17.3 Å². The van der Waals surface area contributed by atoms with E-state index in [2.05, 4.69) is 0 Å². The molecule has 2 rings (SSSR count). The fourth-order valence-electron chi connectivity index (χ4n) is 2.31. The summed E-state index contributed by atoms with van der Waals surface area (Å²) in [4.78, 5) is 25.0. The summed E-state index contributed by atoms with van der Waals surface area (Å²) in [5.41, 5.74) is 6.07. The van der Waals surface area contributed by atoms with Crippen molar-refractivity contribution in [3.05, 3.63) is 35.9 Å². The molecule has 1 unspecified atom stereocenters. The number of piperidine rings is 1. The maximum Gasteiger partial charge on any atom is 0.245 e. The number of hydrogen-bond donors (Lipinski definition) is 1. The van der Waals surface area contributed by atoms with Crippen LogP contribution in [0.15, 0.2) is 30.3 Å². The number of halogens is 1. The Labute approximate surface area is 117 Å². The summed E-state index contributed by atoms with van der Waals surface area (Å²) in [5, 5.41) is -0.661. The summed E-state index contributed by atoms with van der Waals surface area (Å²) in [6.07, 6.45) is 1.25. The highest BCUT2D eigenvalue weighted by Gasteiger charge is 2.29. The normalized spacial score (nSPS) is 18.1. The second-order valence-corrected chi connectivity index (χ2v) is 5.21. The van der Waals surface area contributed by atoms with Gasteiger partial charge < -0.3 is 10.6 Å². The first kappa shape index (κ1) is 13.9. The third kappa shape index (κ3) is 3.26. The van der Waals surface area contributed by atoms with Gasteiger partial charge in [0.1, 0.15) is 5.38 Å². The van der Waals surface area contributed by atoms with Crippen molar-refractivity contribution in [3.63, 3.8) is 0 Å². The summed E-state index contributed by atoms with van der Waals surface area (Å²) in [5.74, 6) is -0.497. The minimum atomic E-state index is -0.661. The molecule has 2 amide bonds. The van der Waals surface area contributed by atoms with E-state index in [1.807, 2.05) is 30.3 Å². The quantitative estimate of drug-likeness (QED) is 0.857. The van der Waals surface area contributed by atoms with Crippen LogP contribution in [0.1, 0.15) is 23.8 Å². The highest BCUT2D eigenvalue weighted by Crippen LogP contribution is 2.25. The standard InChI is InChI=1S/C14H17ClN2O2/c15-12(10-4-2-1-3-5-10)14(19)17-8-6-11(7-9-17)13(16)18/h1-5,11-12H,6-9H2,(H2,16,18). The fourth-order valence-corrected chi connectivity index (χ4v) is 2.59. The summed E-state index contributed by atoms with van der Waals surface area (Å²) in [6.45, 7) is 1.09. The van der Waals surface area contributed by atoms with Crippen LogP contribution in [-0.4, -0.2) is 29.8 Å². The van der Waals surface area contributed by atoms with Gasteiger partial charge in [0, 0.05) is 19.0 Å². The molecule has 19 heavy (non-hydrogen) atoms. The van der Waals surface area contributed by atoms with E-state index in [9.17, 15) is 9.59 Å². The topological polar surface area (TPSA) is 63.4 Å². The Morgan fingerprint density at radius 3 is 2.32 bits per heavy atom. The van der Waals surface area contributed by atoms with E-state index >= 15 is 0 Å². The lowest BCUT2D eigenvalue weighted by Crippen LogP contribution is -2.42. The van der Waals surface area contributed by atoms with Crippen molar-refractivity contribution >= 4 is 23.4 Å². The number of hydrogen-bond acceptors (Lipinski definition) is 2. The van der Waals surface area contributed by atoms with Crippen molar-refractivity contribution in [2.24, 2.45) is 11.7 Å². The van der Waals surface area contributed by atoms with Crippen LogP contribution in [0.2, 0.25) is 0 Å². The fraction of sp³-hybridized carbons (Fsp3) is 0.429. The molecule has 0 aromatic heterocycles. The molecule has 0 bridgehead atoms. The van der Waals surface area contributed by atoms with Crippen LogP contribution in [0.3, 0.4) is 0 Å². The average Bonchev–Trinajstić information content (AvgIpc) is 2.46. The molecule has 0 aliphatic carbocycles. The first-order valence-corrected chi connectivity index (χ1v) is 6.80. The minimum absolute atomic E-state index is 0.101. The Kier molecular flexibility index (Phi) is 4.43. The lowest BCUT2D eigenvalue weighted by Gasteiger charge is -2.31. The summed E-state index contributed by atoms with van der Waals surface area (Å²) in [7, 11) is 0. The predicted octanol–water partition coefficient (Wildman–Crippen LogP) is 1.69. The number of nitrogens with zero attached hydrogens (tertiary/aromatic N) is 1. The Hall–Kier alpha value is -1.55. The van der Waals surface area contributed by atoms with Gasteiger partial charge in [-0.1, -0.05) is 30.3 Å². The highest BCUT2D eigenvalue weighted by atomic mass is 35.5. The van der Waals surface area contributed by atoms with Gasteiger partial charge in [-0.25, -0.2) is 0 Å². The molecule has 1 atom stereocenters. The Balaban J connectivity index is 1.96. The van der Waals surface area contributed by atoms with E-state index in [0.717, 1.165) is 5.56 Å². The molecule has 102 valence electrons. The third-order valence-corrected chi connectivity index (χ3v) is 3.96. The van der Waals surface area contributed by atoms with Crippen LogP contribution in [-0.2, 0) is 9.59 Å². The largest absolute Gasteiger partial charge is 0.369 e. The number of benzene rings is 1. The molecule has 4 nitrogen and oxygen atoms in total. The van der Waals surface area contributed by atoms with Crippen molar-refractivity contribution in [1.82, 2.24) is 4.90 Å². The van der Waals surface area contributed by atoms with Crippen molar-refractivity contribution in [2.45, 2.75) is 18.2 Å². The highest BCUT2D eigenvalue weighted by molar-refractivity contribution is 6.30. The Bertz CT molecular complexity index is 456. The second kappa shape index (κ2) is 6.06. The van der Waals surface area contributed by atoms with Gasteiger partial charge in [-0.2, -0.15) is 0 Å². The van der Waals surface area contributed by atoms with Gasteiger partial charge in [0.05, 0.1) is 0 Å². The maximum atomic E-state index is 12.3.